The Kier molecular flexibility index (Phi) is 4.65. The standard InChI is InChI=1S/C11H20N2O2S/c1-4-11(5-2,16-3)8-13-7-6-9(14)12-10(13)15/h4-8H2,1-3H3,(H,12,14,15). The molecule has 1 rings (SSSR count). The maximum atomic E-state index is 11.6. The second kappa shape index (κ2) is 5.57. The number of amides is 3. The van der Waals surface area contributed by atoms with Crippen molar-refractivity contribution in [1.82, 2.24) is 10.2 Å². The molecule has 1 aliphatic heterocycles. The summed E-state index contributed by atoms with van der Waals surface area (Å²) in [4.78, 5) is 24.4. The van der Waals surface area contributed by atoms with Crippen molar-refractivity contribution in [3.63, 3.8) is 0 Å². The zero-order valence-electron chi connectivity index (χ0n) is 10.2. The SMILES string of the molecule is CCC(CC)(CN1CCC(=O)NC1=O)SC. The first-order valence-electron chi connectivity index (χ1n) is 5.71. The van der Waals surface area contributed by atoms with Gasteiger partial charge >= 0.3 is 6.03 Å². The molecule has 5 heteroatoms. The van der Waals surface area contributed by atoms with Crippen molar-refractivity contribution in [2.75, 3.05) is 19.3 Å². The van der Waals surface area contributed by atoms with Crippen molar-refractivity contribution in [1.29, 1.82) is 0 Å². The van der Waals surface area contributed by atoms with Crippen molar-refractivity contribution in [3.05, 3.63) is 0 Å². The molecule has 16 heavy (non-hydrogen) atoms. The molecule has 1 heterocycles. The first kappa shape index (κ1) is 13.4. The van der Waals surface area contributed by atoms with Crippen LogP contribution in [0.1, 0.15) is 33.1 Å². The number of rotatable bonds is 5. The smallest absolute Gasteiger partial charge is 0.323 e. The summed E-state index contributed by atoms with van der Waals surface area (Å²) < 4.78 is 0.123. The van der Waals surface area contributed by atoms with Gasteiger partial charge in [-0.3, -0.25) is 10.1 Å². The van der Waals surface area contributed by atoms with E-state index in [9.17, 15) is 9.59 Å². The van der Waals surface area contributed by atoms with Crippen LogP contribution in [0, 0.1) is 0 Å². The number of thioether (sulfide) groups is 1. The fourth-order valence-corrected chi connectivity index (χ4v) is 2.79. The Balaban J connectivity index is 2.65. The number of urea groups is 1. The van der Waals surface area contributed by atoms with Crippen LogP contribution in [-0.2, 0) is 4.79 Å². The average Bonchev–Trinajstić information content (AvgIpc) is 2.29. The lowest BCUT2D eigenvalue weighted by Gasteiger charge is -2.37. The fourth-order valence-electron chi connectivity index (χ4n) is 1.92. The Morgan fingerprint density at radius 1 is 1.38 bits per heavy atom. The van der Waals surface area contributed by atoms with Crippen LogP contribution in [0.25, 0.3) is 0 Å². The monoisotopic (exact) mass is 244 g/mol. The molecule has 1 N–H and O–H groups in total. The Morgan fingerprint density at radius 3 is 2.44 bits per heavy atom. The van der Waals surface area contributed by atoms with Crippen molar-refractivity contribution in [2.45, 2.75) is 37.9 Å². The molecule has 0 aromatic carbocycles. The lowest BCUT2D eigenvalue weighted by atomic mass is 10.0. The molecule has 0 aromatic heterocycles. The van der Waals surface area contributed by atoms with Crippen LogP contribution < -0.4 is 5.32 Å². The Labute approximate surface area is 101 Å². The van der Waals surface area contributed by atoms with E-state index in [1.807, 2.05) is 11.8 Å². The second-order valence-electron chi connectivity index (χ2n) is 4.12. The summed E-state index contributed by atoms with van der Waals surface area (Å²) in [5.41, 5.74) is 0. The summed E-state index contributed by atoms with van der Waals surface area (Å²) in [5, 5.41) is 2.36. The summed E-state index contributed by atoms with van der Waals surface area (Å²) in [6.07, 6.45) is 4.56. The molecule has 1 saturated heterocycles. The second-order valence-corrected chi connectivity index (χ2v) is 5.39. The van der Waals surface area contributed by atoms with Crippen LogP contribution in [0.3, 0.4) is 0 Å². The molecule has 0 aromatic rings. The van der Waals surface area contributed by atoms with E-state index in [-0.39, 0.29) is 16.7 Å². The van der Waals surface area contributed by atoms with Gasteiger partial charge in [0.25, 0.3) is 0 Å². The predicted molar refractivity (Wildman–Crippen MR) is 66.6 cm³/mol. The van der Waals surface area contributed by atoms with E-state index in [4.69, 9.17) is 0 Å². The predicted octanol–water partition coefficient (Wildman–Crippen LogP) is 1.85. The Hall–Kier alpha value is -0.710. The molecule has 3 amide bonds. The molecular weight excluding hydrogens is 224 g/mol. The number of nitrogens with one attached hydrogen (secondary N) is 1. The Bertz CT molecular complexity index is 269. The molecular formula is C11H20N2O2S. The number of hydrogen-bond donors (Lipinski definition) is 1. The summed E-state index contributed by atoms with van der Waals surface area (Å²) in [6.45, 7) is 5.56. The minimum atomic E-state index is -0.239. The molecule has 1 aliphatic rings. The van der Waals surface area contributed by atoms with E-state index >= 15 is 0 Å². The van der Waals surface area contributed by atoms with E-state index in [0.717, 1.165) is 19.4 Å². The number of hydrogen-bond acceptors (Lipinski definition) is 3. The van der Waals surface area contributed by atoms with Gasteiger partial charge in [0.05, 0.1) is 0 Å². The lowest BCUT2D eigenvalue weighted by molar-refractivity contribution is -0.121. The van der Waals surface area contributed by atoms with Crippen LogP contribution in [0.4, 0.5) is 4.79 Å². The van der Waals surface area contributed by atoms with Gasteiger partial charge in [0, 0.05) is 24.3 Å². The zero-order chi connectivity index (χ0) is 12.2. The largest absolute Gasteiger partial charge is 0.324 e. The van der Waals surface area contributed by atoms with Gasteiger partial charge in [-0.2, -0.15) is 11.8 Å². The van der Waals surface area contributed by atoms with Gasteiger partial charge in [-0.05, 0) is 19.1 Å². The highest BCUT2D eigenvalue weighted by molar-refractivity contribution is 8.00. The number of carbonyl (C=O) groups excluding carboxylic acids is 2. The highest BCUT2D eigenvalue weighted by atomic mass is 32.2. The highest BCUT2D eigenvalue weighted by Crippen LogP contribution is 2.31. The quantitative estimate of drug-likeness (QED) is 0.803. The summed E-state index contributed by atoms with van der Waals surface area (Å²) in [6, 6.07) is -0.239. The Morgan fingerprint density at radius 2 is 2.00 bits per heavy atom. The van der Waals surface area contributed by atoms with Gasteiger partial charge in [0.15, 0.2) is 0 Å². The maximum Gasteiger partial charge on any atom is 0.324 e. The summed E-state index contributed by atoms with van der Waals surface area (Å²) in [5.74, 6) is -0.163. The maximum absolute atomic E-state index is 11.6. The first-order valence-corrected chi connectivity index (χ1v) is 6.93. The lowest BCUT2D eigenvalue weighted by Crippen LogP contribution is -2.53. The van der Waals surface area contributed by atoms with Gasteiger partial charge in [-0.25, -0.2) is 4.79 Å². The summed E-state index contributed by atoms with van der Waals surface area (Å²) >= 11 is 1.81. The third kappa shape index (κ3) is 2.90. The molecule has 0 radical (unpaired) electrons. The van der Waals surface area contributed by atoms with Gasteiger partial charge in [0.1, 0.15) is 0 Å². The third-order valence-electron chi connectivity index (χ3n) is 3.34. The number of carbonyl (C=O) groups is 2. The average molecular weight is 244 g/mol. The van der Waals surface area contributed by atoms with Gasteiger partial charge < -0.3 is 4.90 Å². The van der Waals surface area contributed by atoms with Crippen molar-refractivity contribution < 1.29 is 9.59 Å². The third-order valence-corrected chi connectivity index (χ3v) is 4.92. The first-order chi connectivity index (χ1) is 7.56. The van der Waals surface area contributed by atoms with E-state index in [2.05, 4.69) is 25.4 Å². The van der Waals surface area contributed by atoms with Crippen LogP contribution >= 0.6 is 11.8 Å². The fraction of sp³-hybridized carbons (Fsp3) is 0.818. The van der Waals surface area contributed by atoms with Crippen molar-refractivity contribution in [2.24, 2.45) is 0 Å². The van der Waals surface area contributed by atoms with Crippen molar-refractivity contribution in [3.8, 4) is 0 Å². The minimum Gasteiger partial charge on any atom is -0.323 e. The topological polar surface area (TPSA) is 49.4 Å². The van der Waals surface area contributed by atoms with E-state index in [1.165, 1.54) is 0 Å². The summed E-state index contributed by atoms with van der Waals surface area (Å²) in [7, 11) is 0. The molecule has 0 saturated carbocycles. The van der Waals surface area contributed by atoms with E-state index < -0.39 is 0 Å². The normalized spacial score (nSPS) is 17.6. The van der Waals surface area contributed by atoms with Crippen molar-refractivity contribution >= 4 is 23.7 Å². The van der Waals surface area contributed by atoms with Gasteiger partial charge in [-0.15, -0.1) is 0 Å². The molecule has 0 aliphatic carbocycles. The molecule has 0 bridgehead atoms. The van der Waals surface area contributed by atoms with Crippen LogP contribution in [-0.4, -0.2) is 40.9 Å². The van der Waals surface area contributed by atoms with Crippen LogP contribution in [0.5, 0.6) is 0 Å². The van der Waals surface area contributed by atoms with E-state index in [0.29, 0.717) is 13.0 Å². The molecule has 0 spiro atoms. The molecule has 4 nitrogen and oxygen atoms in total. The number of nitrogens with zero attached hydrogens (tertiary/aromatic N) is 1. The van der Waals surface area contributed by atoms with Gasteiger partial charge in [0.2, 0.25) is 5.91 Å². The van der Waals surface area contributed by atoms with Crippen LogP contribution in [0.15, 0.2) is 0 Å². The molecule has 92 valence electrons. The highest BCUT2D eigenvalue weighted by Gasteiger charge is 2.32. The van der Waals surface area contributed by atoms with E-state index in [1.54, 1.807) is 4.90 Å². The molecule has 0 unspecified atom stereocenters. The number of imide groups is 1. The molecule has 0 atom stereocenters. The zero-order valence-corrected chi connectivity index (χ0v) is 11.0. The van der Waals surface area contributed by atoms with Crippen LogP contribution in [0.2, 0.25) is 0 Å². The molecule has 1 fully saturated rings. The minimum absolute atomic E-state index is 0.123. The van der Waals surface area contributed by atoms with Gasteiger partial charge in [-0.1, -0.05) is 13.8 Å².